The molecule has 13 heavy (non-hydrogen) atoms. The van der Waals surface area contributed by atoms with E-state index in [1.807, 2.05) is 37.4 Å². The van der Waals surface area contributed by atoms with Crippen molar-refractivity contribution < 1.29 is 0 Å². The first-order chi connectivity index (χ1) is 5.72. The topological polar surface area (TPSA) is 38.4 Å². The van der Waals surface area contributed by atoms with Crippen LogP contribution < -0.4 is 5.73 Å². The fourth-order valence-electron chi connectivity index (χ4n) is 0.792. The lowest BCUT2D eigenvalue weighted by Crippen LogP contribution is -2.03. The standard InChI is InChI=1S/C9H12N2S.HI/c1-7-3-5-8(6-4-7)11-9(10)12-2;/h3-6H,1-2H3,(H2,10,11);1H. The third kappa shape index (κ3) is 4.52. The summed E-state index contributed by atoms with van der Waals surface area (Å²) in [6, 6.07) is 7.95. The number of thioether (sulfide) groups is 1. The highest BCUT2D eigenvalue weighted by Gasteiger charge is 1.90. The van der Waals surface area contributed by atoms with Crippen molar-refractivity contribution in [2.45, 2.75) is 6.92 Å². The smallest absolute Gasteiger partial charge is 0.158 e. The van der Waals surface area contributed by atoms with Crippen LogP contribution in [0.4, 0.5) is 5.69 Å². The molecule has 0 radical (unpaired) electrons. The molecule has 0 aliphatic rings. The van der Waals surface area contributed by atoms with Crippen LogP contribution in [-0.4, -0.2) is 11.4 Å². The molecule has 0 fully saturated rings. The Morgan fingerprint density at radius 1 is 1.31 bits per heavy atom. The minimum atomic E-state index is 0. The first kappa shape index (κ1) is 12.8. The Morgan fingerprint density at radius 3 is 2.31 bits per heavy atom. The van der Waals surface area contributed by atoms with Crippen LogP contribution in [0.2, 0.25) is 0 Å². The fraction of sp³-hybridized carbons (Fsp3) is 0.222. The van der Waals surface area contributed by atoms with E-state index in [1.54, 1.807) is 0 Å². The van der Waals surface area contributed by atoms with E-state index in [0.717, 1.165) is 5.69 Å². The predicted molar refractivity (Wildman–Crippen MR) is 71.4 cm³/mol. The molecule has 0 aliphatic carbocycles. The van der Waals surface area contributed by atoms with Crippen LogP contribution in [0.5, 0.6) is 0 Å². The first-order valence-electron chi connectivity index (χ1n) is 3.67. The maximum Gasteiger partial charge on any atom is 0.158 e. The number of rotatable bonds is 1. The largest absolute Gasteiger partial charge is 0.378 e. The Kier molecular flexibility index (Phi) is 6.15. The minimum Gasteiger partial charge on any atom is -0.378 e. The van der Waals surface area contributed by atoms with Crippen LogP contribution in [0.3, 0.4) is 0 Å². The predicted octanol–water partition coefficient (Wildman–Crippen LogP) is 2.92. The van der Waals surface area contributed by atoms with Gasteiger partial charge in [0.05, 0.1) is 5.69 Å². The Labute approximate surface area is 100 Å². The number of amidine groups is 1. The van der Waals surface area contributed by atoms with Gasteiger partial charge < -0.3 is 5.73 Å². The molecule has 0 amide bonds. The number of aryl methyl sites for hydroxylation is 1. The van der Waals surface area contributed by atoms with Gasteiger partial charge in [-0.3, -0.25) is 0 Å². The van der Waals surface area contributed by atoms with E-state index >= 15 is 0 Å². The Hall–Kier alpha value is -0.230. The van der Waals surface area contributed by atoms with Crippen molar-refractivity contribution >= 4 is 46.6 Å². The zero-order chi connectivity index (χ0) is 8.97. The van der Waals surface area contributed by atoms with Crippen LogP contribution in [-0.2, 0) is 0 Å². The van der Waals surface area contributed by atoms with Crippen molar-refractivity contribution in [2.75, 3.05) is 6.26 Å². The highest BCUT2D eigenvalue weighted by Crippen LogP contribution is 2.13. The summed E-state index contributed by atoms with van der Waals surface area (Å²) < 4.78 is 0. The van der Waals surface area contributed by atoms with E-state index < -0.39 is 0 Å². The zero-order valence-corrected chi connectivity index (χ0v) is 10.8. The maximum absolute atomic E-state index is 5.56. The number of aliphatic imine (C=N–C) groups is 1. The summed E-state index contributed by atoms with van der Waals surface area (Å²) in [7, 11) is 0. The molecular formula is C9H13IN2S. The number of benzene rings is 1. The van der Waals surface area contributed by atoms with Crippen molar-refractivity contribution in [2.24, 2.45) is 10.7 Å². The van der Waals surface area contributed by atoms with Gasteiger partial charge in [0.15, 0.2) is 5.17 Å². The van der Waals surface area contributed by atoms with Crippen molar-refractivity contribution in [3.05, 3.63) is 29.8 Å². The molecule has 0 saturated heterocycles. The van der Waals surface area contributed by atoms with Crippen molar-refractivity contribution in [3.63, 3.8) is 0 Å². The van der Waals surface area contributed by atoms with Gasteiger partial charge in [-0.15, -0.1) is 24.0 Å². The number of hydrogen-bond donors (Lipinski definition) is 1. The Bertz CT molecular complexity index is 282. The number of halogens is 1. The van der Waals surface area contributed by atoms with Crippen LogP contribution in [0.25, 0.3) is 0 Å². The Morgan fingerprint density at radius 2 is 1.85 bits per heavy atom. The van der Waals surface area contributed by atoms with Gasteiger partial charge in [0.25, 0.3) is 0 Å². The van der Waals surface area contributed by atoms with E-state index in [-0.39, 0.29) is 24.0 Å². The van der Waals surface area contributed by atoms with E-state index in [2.05, 4.69) is 4.99 Å². The second kappa shape index (κ2) is 6.26. The summed E-state index contributed by atoms with van der Waals surface area (Å²) in [6.45, 7) is 2.05. The van der Waals surface area contributed by atoms with Crippen LogP contribution >= 0.6 is 35.7 Å². The third-order valence-electron chi connectivity index (χ3n) is 1.48. The van der Waals surface area contributed by atoms with Gasteiger partial charge in [-0.1, -0.05) is 29.5 Å². The lowest BCUT2D eigenvalue weighted by atomic mass is 10.2. The summed E-state index contributed by atoms with van der Waals surface area (Å²) in [5, 5.41) is 0.596. The molecule has 2 N–H and O–H groups in total. The molecular weight excluding hydrogens is 295 g/mol. The fourth-order valence-corrected chi connectivity index (χ4v) is 0.989. The van der Waals surface area contributed by atoms with Crippen LogP contribution in [0.1, 0.15) is 5.56 Å². The molecule has 0 aromatic heterocycles. The molecule has 72 valence electrons. The molecule has 1 aromatic rings. The summed E-state index contributed by atoms with van der Waals surface area (Å²) in [5.74, 6) is 0. The molecule has 2 nitrogen and oxygen atoms in total. The molecule has 0 spiro atoms. The zero-order valence-electron chi connectivity index (χ0n) is 7.65. The average Bonchev–Trinajstić information content (AvgIpc) is 2.09. The lowest BCUT2D eigenvalue weighted by Gasteiger charge is -1.96. The Balaban J connectivity index is 0.00000144. The summed E-state index contributed by atoms with van der Waals surface area (Å²) in [6.07, 6.45) is 1.91. The van der Waals surface area contributed by atoms with E-state index in [9.17, 15) is 0 Å². The molecule has 1 aromatic carbocycles. The number of nitrogens with zero attached hydrogens (tertiary/aromatic N) is 1. The highest BCUT2D eigenvalue weighted by atomic mass is 127. The third-order valence-corrected chi connectivity index (χ3v) is 1.99. The van der Waals surface area contributed by atoms with Crippen molar-refractivity contribution in [1.82, 2.24) is 0 Å². The number of hydrogen-bond acceptors (Lipinski definition) is 2. The molecule has 4 heteroatoms. The second-order valence-corrected chi connectivity index (χ2v) is 3.32. The van der Waals surface area contributed by atoms with Gasteiger partial charge in [-0.05, 0) is 25.3 Å². The lowest BCUT2D eigenvalue weighted by molar-refractivity contribution is 1.43. The van der Waals surface area contributed by atoms with Gasteiger partial charge in [-0.25, -0.2) is 4.99 Å². The quantitative estimate of drug-likeness (QED) is 0.492. The van der Waals surface area contributed by atoms with E-state index in [1.165, 1.54) is 17.3 Å². The van der Waals surface area contributed by atoms with Gasteiger partial charge in [0.2, 0.25) is 0 Å². The number of nitrogens with two attached hydrogens (primary N) is 1. The van der Waals surface area contributed by atoms with E-state index in [4.69, 9.17) is 5.73 Å². The van der Waals surface area contributed by atoms with Crippen molar-refractivity contribution in [1.29, 1.82) is 0 Å². The van der Waals surface area contributed by atoms with Crippen LogP contribution in [0, 0.1) is 6.92 Å². The molecule has 0 bridgehead atoms. The monoisotopic (exact) mass is 308 g/mol. The first-order valence-corrected chi connectivity index (χ1v) is 4.89. The molecule has 0 aliphatic heterocycles. The normalized spacial score (nSPS) is 10.8. The summed E-state index contributed by atoms with van der Waals surface area (Å²) >= 11 is 1.45. The van der Waals surface area contributed by atoms with Gasteiger partial charge in [0.1, 0.15) is 0 Å². The summed E-state index contributed by atoms with van der Waals surface area (Å²) in [4.78, 5) is 4.18. The van der Waals surface area contributed by atoms with Crippen LogP contribution in [0.15, 0.2) is 29.3 Å². The van der Waals surface area contributed by atoms with Gasteiger partial charge in [-0.2, -0.15) is 0 Å². The molecule has 0 atom stereocenters. The maximum atomic E-state index is 5.56. The molecule has 0 heterocycles. The molecule has 1 rings (SSSR count). The van der Waals surface area contributed by atoms with E-state index in [0.29, 0.717) is 5.17 Å². The van der Waals surface area contributed by atoms with Gasteiger partial charge in [0, 0.05) is 0 Å². The molecule has 0 saturated carbocycles. The average molecular weight is 308 g/mol. The highest BCUT2D eigenvalue weighted by molar-refractivity contribution is 14.0. The molecule has 0 unspecified atom stereocenters. The SMILES string of the molecule is CSC(N)=Nc1ccc(C)cc1.I. The minimum absolute atomic E-state index is 0. The summed E-state index contributed by atoms with van der Waals surface area (Å²) in [5.41, 5.74) is 7.70. The van der Waals surface area contributed by atoms with Gasteiger partial charge >= 0.3 is 0 Å². The van der Waals surface area contributed by atoms with Crippen molar-refractivity contribution in [3.8, 4) is 0 Å². The second-order valence-electron chi connectivity index (χ2n) is 2.49.